The molecule has 88 valence electrons. The summed E-state index contributed by atoms with van der Waals surface area (Å²) < 4.78 is 31.6. The molecule has 0 radical (unpaired) electrons. The summed E-state index contributed by atoms with van der Waals surface area (Å²) in [5.41, 5.74) is 0. The Labute approximate surface area is 83.0 Å². The van der Waals surface area contributed by atoms with E-state index in [1.54, 1.807) is 0 Å². The first-order valence-corrected chi connectivity index (χ1v) is 3.23. The van der Waals surface area contributed by atoms with Crippen molar-refractivity contribution in [2.24, 2.45) is 0 Å². The molecule has 0 rings (SSSR count). The van der Waals surface area contributed by atoms with Crippen molar-refractivity contribution in [3.05, 3.63) is 20.2 Å². The molecule has 0 saturated carbocycles. The van der Waals surface area contributed by atoms with Crippen LogP contribution in [0.2, 0.25) is 0 Å². The molecule has 0 aromatic rings. The Balaban J connectivity index is -0.0000000522. The maximum absolute atomic E-state index is 8.74. The van der Waals surface area contributed by atoms with Crippen LogP contribution in [-0.4, -0.2) is 38.1 Å². The van der Waals surface area contributed by atoms with Crippen LogP contribution in [0.3, 0.4) is 0 Å². The van der Waals surface area contributed by atoms with E-state index >= 15 is 0 Å². The lowest BCUT2D eigenvalue weighted by molar-refractivity contribution is -0.742. The lowest BCUT2D eigenvalue weighted by Crippen LogP contribution is -1.89. The molecule has 0 atom stereocenters. The normalized spacial score (nSPS) is 7.57. The van der Waals surface area contributed by atoms with Gasteiger partial charge >= 0.3 is 10.4 Å². The Kier molecular flexibility index (Phi) is 19.0. The van der Waals surface area contributed by atoms with Crippen LogP contribution in [0.4, 0.5) is 0 Å². The van der Waals surface area contributed by atoms with E-state index in [1.807, 2.05) is 0 Å². The molecule has 0 saturated heterocycles. The molecule has 0 fully saturated rings. The third-order valence-electron chi connectivity index (χ3n) is 0. The van der Waals surface area contributed by atoms with Crippen molar-refractivity contribution in [3.63, 3.8) is 0 Å². The molecule has 4 N–H and O–H groups in total. The fourth-order valence-electron chi connectivity index (χ4n) is 0. The van der Waals surface area contributed by atoms with Gasteiger partial charge in [-0.15, -0.1) is 20.2 Å². The van der Waals surface area contributed by atoms with Crippen LogP contribution in [0, 0.1) is 20.2 Å². The summed E-state index contributed by atoms with van der Waals surface area (Å²) in [4.78, 5) is 16.7. The van der Waals surface area contributed by atoms with Crippen LogP contribution >= 0.6 is 13.5 Å². The van der Waals surface area contributed by atoms with Gasteiger partial charge in [0.1, 0.15) is 0 Å². The Bertz CT molecular complexity index is 211. The molecule has 0 aliphatic rings. The maximum Gasteiger partial charge on any atom is 0.394 e. The monoisotopic (exact) mass is 258 g/mol. The first-order valence-electron chi connectivity index (χ1n) is 1.83. The molecular formula is H6N2O10S2. The molecule has 0 aromatic heterocycles. The minimum Gasteiger partial charge on any atom is -0.328 e. The summed E-state index contributed by atoms with van der Waals surface area (Å²) in [7, 11) is -4.67. The van der Waals surface area contributed by atoms with Crippen molar-refractivity contribution in [2.75, 3.05) is 0 Å². The van der Waals surface area contributed by atoms with Crippen molar-refractivity contribution < 1.29 is 38.1 Å². The largest absolute Gasteiger partial charge is 0.394 e. The average molecular weight is 258 g/mol. The molecule has 0 bridgehead atoms. The highest BCUT2D eigenvalue weighted by atomic mass is 32.3. The molecule has 0 heterocycles. The Morgan fingerprint density at radius 2 is 0.929 bits per heavy atom. The minimum absolute atomic E-state index is 0. The van der Waals surface area contributed by atoms with Crippen molar-refractivity contribution in [1.29, 1.82) is 0 Å². The molecule has 0 amide bonds. The van der Waals surface area contributed by atoms with Crippen LogP contribution in [0.25, 0.3) is 0 Å². The van der Waals surface area contributed by atoms with Crippen LogP contribution in [0.1, 0.15) is 0 Å². The third-order valence-corrected chi connectivity index (χ3v) is 0. The van der Waals surface area contributed by atoms with Gasteiger partial charge in [-0.1, -0.05) is 0 Å². The smallest absolute Gasteiger partial charge is 0.328 e. The van der Waals surface area contributed by atoms with Crippen LogP contribution in [-0.2, 0) is 10.4 Å². The highest BCUT2D eigenvalue weighted by molar-refractivity contribution is 7.79. The second-order valence-electron chi connectivity index (χ2n) is 0.924. The molecule has 12 nitrogen and oxygen atoms in total. The van der Waals surface area contributed by atoms with E-state index in [0.717, 1.165) is 0 Å². The lowest BCUT2D eigenvalue weighted by Gasteiger charge is -1.68. The number of hydrogen-bond donors (Lipinski definition) is 4. The summed E-state index contributed by atoms with van der Waals surface area (Å²) in [5, 5.41) is 27.3. The molecular weight excluding hydrogens is 252 g/mol. The van der Waals surface area contributed by atoms with E-state index in [-0.39, 0.29) is 13.5 Å². The standard InChI is InChI=1S/2HNO3.H2O4S.H2S/c2*2-1(3)4;1-5(2,3)4;/h2*(H,2,3,4);(H2,1,2,3,4);1H2. The van der Waals surface area contributed by atoms with Gasteiger partial charge in [0.2, 0.25) is 0 Å². The summed E-state index contributed by atoms with van der Waals surface area (Å²) in [6.45, 7) is 0. The Hall–Kier alpha value is -1.38. The van der Waals surface area contributed by atoms with Gasteiger partial charge in [0.25, 0.3) is 10.2 Å². The summed E-state index contributed by atoms with van der Waals surface area (Å²) >= 11 is 0. The van der Waals surface area contributed by atoms with E-state index < -0.39 is 20.6 Å². The predicted molar refractivity (Wildman–Crippen MR) is 42.1 cm³/mol. The fraction of sp³-hybridized carbons (Fsp3) is 0. The van der Waals surface area contributed by atoms with Crippen LogP contribution < -0.4 is 0 Å². The maximum atomic E-state index is 8.74. The molecule has 0 aliphatic heterocycles. The highest BCUT2D eigenvalue weighted by Crippen LogP contribution is 1.59. The van der Waals surface area contributed by atoms with E-state index in [1.165, 1.54) is 0 Å². The first-order chi connectivity index (χ1) is 5.46. The minimum atomic E-state index is -4.67. The molecule has 0 spiro atoms. The Morgan fingerprint density at radius 1 is 0.929 bits per heavy atom. The average Bonchev–Trinajstić information content (AvgIpc) is 1.50. The second-order valence-corrected chi connectivity index (χ2v) is 1.82. The van der Waals surface area contributed by atoms with Crippen molar-refractivity contribution in [1.82, 2.24) is 0 Å². The second kappa shape index (κ2) is 11.6. The number of rotatable bonds is 0. The summed E-state index contributed by atoms with van der Waals surface area (Å²) in [6.07, 6.45) is 0. The summed E-state index contributed by atoms with van der Waals surface area (Å²) in [6, 6.07) is 0. The quantitative estimate of drug-likeness (QED) is 0.231. The van der Waals surface area contributed by atoms with Gasteiger partial charge in [-0.05, 0) is 0 Å². The third kappa shape index (κ3) is 516. The Morgan fingerprint density at radius 3 is 0.929 bits per heavy atom. The zero-order chi connectivity index (χ0) is 11.7. The number of nitrogens with zero attached hydrogens (tertiary/aromatic N) is 2. The van der Waals surface area contributed by atoms with Crippen molar-refractivity contribution in [2.45, 2.75) is 0 Å². The van der Waals surface area contributed by atoms with E-state index in [9.17, 15) is 0 Å². The summed E-state index contributed by atoms with van der Waals surface area (Å²) in [5.74, 6) is 0. The molecule has 0 aliphatic carbocycles. The van der Waals surface area contributed by atoms with Crippen molar-refractivity contribution in [3.8, 4) is 0 Å². The predicted octanol–water partition coefficient (Wildman–Crippen LogP) is -1.24. The van der Waals surface area contributed by atoms with Gasteiger partial charge in [-0.2, -0.15) is 21.9 Å². The highest BCUT2D eigenvalue weighted by Gasteiger charge is 1.84. The zero-order valence-corrected chi connectivity index (χ0v) is 7.86. The van der Waals surface area contributed by atoms with Crippen molar-refractivity contribution >= 4 is 23.9 Å². The van der Waals surface area contributed by atoms with Gasteiger partial charge in [-0.3, -0.25) is 9.11 Å². The van der Waals surface area contributed by atoms with Gasteiger partial charge in [0, 0.05) is 0 Å². The number of hydrogen-bond acceptors (Lipinski definition) is 6. The van der Waals surface area contributed by atoms with E-state index in [4.69, 9.17) is 48.2 Å². The van der Waals surface area contributed by atoms with Gasteiger partial charge < -0.3 is 10.4 Å². The molecule has 14 heteroatoms. The first kappa shape index (κ1) is 22.9. The molecule has 0 aromatic carbocycles. The van der Waals surface area contributed by atoms with E-state index in [0.29, 0.717) is 0 Å². The van der Waals surface area contributed by atoms with Gasteiger partial charge in [-0.25, -0.2) is 0 Å². The topological polar surface area (TPSA) is 201 Å². The lowest BCUT2D eigenvalue weighted by atomic mass is 13.1. The van der Waals surface area contributed by atoms with Gasteiger partial charge in [0.05, 0.1) is 0 Å². The van der Waals surface area contributed by atoms with Crippen LogP contribution in [0.5, 0.6) is 0 Å². The molecule has 0 unspecified atom stereocenters. The van der Waals surface area contributed by atoms with E-state index in [2.05, 4.69) is 0 Å². The SMILES string of the molecule is O=S(=O)(O)O.O=[N+]([O-])O.O=[N+]([O-])O.S. The van der Waals surface area contributed by atoms with Gasteiger partial charge in [0.15, 0.2) is 0 Å². The zero-order valence-electron chi connectivity index (χ0n) is 6.04. The van der Waals surface area contributed by atoms with Crippen LogP contribution in [0.15, 0.2) is 0 Å². The molecule has 14 heavy (non-hydrogen) atoms. The fourth-order valence-corrected chi connectivity index (χ4v) is 0.